The topological polar surface area (TPSA) is 80.8 Å². The van der Waals surface area contributed by atoms with Gasteiger partial charge in [-0.25, -0.2) is 0 Å². The molecule has 1 unspecified atom stereocenters. The summed E-state index contributed by atoms with van der Waals surface area (Å²) in [5.74, 6) is -0.0975. The predicted octanol–water partition coefficient (Wildman–Crippen LogP) is 1.66. The SMILES string of the molecule is COC(=O)CC(c1ccc(Br)cc1)c1nn[nH]n1. The van der Waals surface area contributed by atoms with Crippen molar-refractivity contribution < 1.29 is 9.53 Å². The van der Waals surface area contributed by atoms with Crippen LogP contribution in [0.15, 0.2) is 28.7 Å². The lowest BCUT2D eigenvalue weighted by Crippen LogP contribution is -2.11. The Hall–Kier alpha value is -1.76. The Kier molecular flexibility index (Phi) is 4.03. The maximum atomic E-state index is 11.4. The second-order valence-electron chi connectivity index (χ2n) is 3.65. The molecule has 0 spiro atoms. The zero-order valence-electron chi connectivity index (χ0n) is 9.63. The summed E-state index contributed by atoms with van der Waals surface area (Å²) in [6.45, 7) is 0. The van der Waals surface area contributed by atoms with Gasteiger partial charge in [0, 0.05) is 4.47 Å². The van der Waals surface area contributed by atoms with E-state index >= 15 is 0 Å². The Morgan fingerprint density at radius 2 is 2.17 bits per heavy atom. The van der Waals surface area contributed by atoms with E-state index in [2.05, 4.69) is 41.3 Å². The van der Waals surface area contributed by atoms with Gasteiger partial charge in [0.15, 0.2) is 5.82 Å². The number of nitrogens with zero attached hydrogens (tertiary/aromatic N) is 3. The van der Waals surface area contributed by atoms with E-state index in [1.807, 2.05) is 24.3 Å². The minimum absolute atomic E-state index is 0.178. The zero-order chi connectivity index (χ0) is 13.0. The zero-order valence-corrected chi connectivity index (χ0v) is 11.2. The van der Waals surface area contributed by atoms with Crippen molar-refractivity contribution in [2.24, 2.45) is 0 Å². The third-order valence-corrected chi connectivity index (χ3v) is 3.07. The van der Waals surface area contributed by atoms with E-state index in [4.69, 9.17) is 0 Å². The van der Waals surface area contributed by atoms with Crippen LogP contribution in [0, 0.1) is 0 Å². The van der Waals surface area contributed by atoms with Gasteiger partial charge < -0.3 is 4.74 Å². The van der Waals surface area contributed by atoms with Gasteiger partial charge >= 0.3 is 5.97 Å². The molecular weight excluding hydrogens is 300 g/mol. The highest BCUT2D eigenvalue weighted by Crippen LogP contribution is 2.26. The van der Waals surface area contributed by atoms with Crippen molar-refractivity contribution in [2.45, 2.75) is 12.3 Å². The van der Waals surface area contributed by atoms with Gasteiger partial charge in [-0.3, -0.25) is 4.79 Å². The molecule has 18 heavy (non-hydrogen) atoms. The van der Waals surface area contributed by atoms with E-state index in [1.165, 1.54) is 7.11 Å². The molecule has 0 aliphatic rings. The second-order valence-corrected chi connectivity index (χ2v) is 4.57. The Labute approximate surface area is 112 Å². The summed E-state index contributed by atoms with van der Waals surface area (Å²) in [6, 6.07) is 7.63. The number of hydrogen-bond acceptors (Lipinski definition) is 5. The highest BCUT2D eigenvalue weighted by molar-refractivity contribution is 9.10. The molecule has 0 aliphatic carbocycles. The fraction of sp³-hybridized carbons (Fsp3) is 0.273. The van der Waals surface area contributed by atoms with Crippen molar-refractivity contribution in [3.63, 3.8) is 0 Å². The molecular formula is C11H11BrN4O2. The molecule has 1 heterocycles. The number of halogens is 1. The van der Waals surface area contributed by atoms with Crippen LogP contribution in [-0.2, 0) is 9.53 Å². The van der Waals surface area contributed by atoms with Gasteiger partial charge in [-0.1, -0.05) is 33.3 Å². The monoisotopic (exact) mass is 310 g/mol. The molecule has 0 fully saturated rings. The maximum Gasteiger partial charge on any atom is 0.306 e. The average molecular weight is 311 g/mol. The molecule has 2 aromatic rings. The molecule has 7 heteroatoms. The first-order valence-corrected chi connectivity index (χ1v) is 6.05. The third kappa shape index (κ3) is 2.92. The smallest absolute Gasteiger partial charge is 0.306 e. The molecule has 6 nitrogen and oxygen atoms in total. The molecule has 1 aromatic carbocycles. The maximum absolute atomic E-state index is 11.4. The van der Waals surface area contributed by atoms with Crippen molar-refractivity contribution in [2.75, 3.05) is 7.11 Å². The Balaban J connectivity index is 2.30. The van der Waals surface area contributed by atoms with Gasteiger partial charge in [-0.15, -0.1) is 10.2 Å². The molecule has 94 valence electrons. The van der Waals surface area contributed by atoms with Gasteiger partial charge in [-0.05, 0) is 17.7 Å². The minimum Gasteiger partial charge on any atom is -0.469 e. The first kappa shape index (κ1) is 12.7. The van der Waals surface area contributed by atoms with E-state index in [1.54, 1.807) is 0 Å². The standard InChI is InChI=1S/C11H11BrN4O2/c1-18-10(17)6-9(11-13-15-16-14-11)7-2-4-8(12)5-3-7/h2-5,9H,6H2,1H3,(H,13,14,15,16). The number of rotatable bonds is 4. The number of nitrogens with one attached hydrogen (secondary N) is 1. The summed E-state index contributed by atoms with van der Waals surface area (Å²) < 4.78 is 5.66. The van der Waals surface area contributed by atoms with Gasteiger partial charge in [0.1, 0.15) is 0 Å². The fourth-order valence-electron chi connectivity index (χ4n) is 1.62. The number of tetrazole rings is 1. The van der Waals surface area contributed by atoms with Crippen molar-refractivity contribution in [3.8, 4) is 0 Å². The number of H-pyrrole nitrogens is 1. The largest absolute Gasteiger partial charge is 0.469 e. The number of methoxy groups -OCH3 is 1. The van der Waals surface area contributed by atoms with Crippen LogP contribution < -0.4 is 0 Å². The lowest BCUT2D eigenvalue weighted by atomic mass is 9.95. The molecule has 0 amide bonds. The van der Waals surface area contributed by atoms with Gasteiger partial charge in [0.25, 0.3) is 0 Å². The second kappa shape index (κ2) is 5.72. The van der Waals surface area contributed by atoms with Crippen LogP contribution in [0.5, 0.6) is 0 Å². The van der Waals surface area contributed by atoms with Crippen LogP contribution in [0.2, 0.25) is 0 Å². The first-order chi connectivity index (χ1) is 8.70. The number of benzene rings is 1. The third-order valence-electron chi connectivity index (χ3n) is 2.54. The van der Waals surface area contributed by atoms with Crippen LogP contribution in [0.3, 0.4) is 0 Å². The van der Waals surface area contributed by atoms with Crippen LogP contribution >= 0.6 is 15.9 Å². The van der Waals surface area contributed by atoms with Gasteiger partial charge in [-0.2, -0.15) is 5.21 Å². The molecule has 0 saturated carbocycles. The predicted molar refractivity (Wildman–Crippen MR) is 66.8 cm³/mol. The Morgan fingerprint density at radius 3 is 2.72 bits per heavy atom. The quantitative estimate of drug-likeness (QED) is 0.869. The van der Waals surface area contributed by atoms with E-state index in [9.17, 15) is 4.79 Å². The molecule has 0 bridgehead atoms. The summed E-state index contributed by atoms with van der Waals surface area (Å²) in [5.41, 5.74) is 0.935. The van der Waals surface area contributed by atoms with E-state index < -0.39 is 0 Å². The van der Waals surface area contributed by atoms with Crippen LogP contribution in [0.1, 0.15) is 23.7 Å². The summed E-state index contributed by atoms with van der Waals surface area (Å²) >= 11 is 3.37. The number of hydrogen-bond donors (Lipinski definition) is 1. The highest BCUT2D eigenvalue weighted by Gasteiger charge is 2.22. The summed E-state index contributed by atoms with van der Waals surface area (Å²) in [4.78, 5) is 11.4. The van der Waals surface area contributed by atoms with E-state index in [0.29, 0.717) is 5.82 Å². The van der Waals surface area contributed by atoms with E-state index in [0.717, 1.165) is 10.0 Å². The van der Waals surface area contributed by atoms with Crippen molar-refractivity contribution in [3.05, 3.63) is 40.1 Å². The van der Waals surface area contributed by atoms with E-state index in [-0.39, 0.29) is 18.3 Å². The molecule has 0 aliphatic heterocycles. The van der Waals surface area contributed by atoms with Crippen LogP contribution in [0.25, 0.3) is 0 Å². The summed E-state index contributed by atoms with van der Waals surface area (Å²) in [7, 11) is 1.36. The molecule has 1 atom stereocenters. The number of esters is 1. The molecule has 1 aromatic heterocycles. The number of aromatic nitrogens is 4. The van der Waals surface area contributed by atoms with Crippen molar-refractivity contribution in [1.29, 1.82) is 0 Å². The van der Waals surface area contributed by atoms with Crippen LogP contribution in [-0.4, -0.2) is 33.7 Å². The normalized spacial score (nSPS) is 12.1. The number of carbonyl (C=O) groups excluding carboxylic acids is 1. The molecule has 0 saturated heterocycles. The minimum atomic E-state index is -0.312. The summed E-state index contributed by atoms with van der Waals surface area (Å²) in [5, 5.41) is 13.8. The number of ether oxygens (including phenoxy) is 1. The van der Waals surface area contributed by atoms with Crippen LogP contribution in [0.4, 0.5) is 0 Å². The Bertz CT molecular complexity index is 512. The average Bonchev–Trinajstić information content (AvgIpc) is 2.90. The lowest BCUT2D eigenvalue weighted by molar-refractivity contribution is -0.140. The highest BCUT2D eigenvalue weighted by atomic mass is 79.9. The first-order valence-electron chi connectivity index (χ1n) is 5.26. The van der Waals surface area contributed by atoms with Gasteiger partial charge in [0.05, 0.1) is 19.4 Å². The summed E-state index contributed by atoms with van der Waals surface area (Å²) in [6.07, 6.45) is 0.178. The Morgan fingerprint density at radius 1 is 1.44 bits per heavy atom. The van der Waals surface area contributed by atoms with Crippen molar-refractivity contribution in [1.82, 2.24) is 20.6 Å². The van der Waals surface area contributed by atoms with Crippen molar-refractivity contribution >= 4 is 21.9 Å². The number of aromatic amines is 1. The molecule has 0 radical (unpaired) electrons. The fourth-order valence-corrected chi connectivity index (χ4v) is 1.88. The lowest BCUT2D eigenvalue weighted by Gasteiger charge is -2.12. The van der Waals surface area contributed by atoms with Gasteiger partial charge in [0.2, 0.25) is 0 Å². The number of carbonyl (C=O) groups is 1. The molecule has 1 N–H and O–H groups in total. The molecule has 2 rings (SSSR count).